The molecule has 3 heteroatoms. The first kappa shape index (κ1) is 11.4. The fraction of sp³-hybridized carbons (Fsp3) is 0.231. The van der Waals surface area contributed by atoms with Gasteiger partial charge in [-0.15, -0.1) is 0 Å². The van der Waals surface area contributed by atoms with Crippen molar-refractivity contribution in [2.45, 2.75) is 13.1 Å². The topological polar surface area (TPSA) is 17.0 Å². The summed E-state index contributed by atoms with van der Waals surface area (Å²) in [7, 11) is 2.06. The van der Waals surface area contributed by atoms with E-state index in [9.17, 15) is 0 Å². The fourth-order valence-corrected chi connectivity index (χ4v) is 2.24. The van der Waals surface area contributed by atoms with Crippen LogP contribution in [0.3, 0.4) is 0 Å². The van der Waals surface area contributed by atoms with E-state index in [1.807, 2.05) is 6.07 Å². The summed E-state index contributed by atoms with van der Waals surface area (Å²) in [6.07, 6.45) is 2.07. The third-order valence-electron chi connectivity index (χ3n) is 2.55. The normalized spacial score (nSPS) is 10.6. The highest BCUT2D eigenvalue weighted by Crippen LogP contribution is 2.13. The van der Waals surface area contributed by atoms with Crippen molar-refractivity contribution in [3.8, 4) is 0 Å². The standard InChI is InChI=1S/C13H15BrN2/c1-16-10-12(14)7-13(16)9-15-8-11-5-3-2-4-6-11/h2-7,10,15H,8-9H2,1H3. The van der Waals surface area contributed by atoms with Crippen molar-refractivity contribution in [3.63, 3.8) is 0 Å². The molecule has 0 aliphatic heterocycles. The molecule has 1 heterocycles. The highest BCUT2D eigenvalue weighted by atomic mass is 79.9. The van der Waals surface area contributed by atoms with Crippen molar-refractivity contribution in [1.29, 1.82) is 0 Å². The molecule has 0 radical (unpaired) electrons. The molecule has 84 valence electrons. The van der Waals surface area contributed by atoms with E-state index >= 15 is 0 Å². The van der Waals surface area contributed by atoms with Gasteiger partial charge in [0.25, 0.3) is 0 Å². The minimum atomic E-state index is 0.886. The van der Waals surface area contributed by atoms with E-state index in [-0.39, 0.29) is 0 Å². The summed E-state index contributed by atoms with van der Waals surface area (Å²) in [4.78, 5) is 0. The van der Waals surface area contributed by atoms with E-state index in [1.165, 1.54) is 11.3 Å². The number of halogens is 1. The van der Waals surface area contributed by atoms with Crippen molar-refractivity contribution in [3.05, 3.63) is 58.3 Å². The van der Waals surface area contributed by atoms with Crippen LogP contribution in [-0.4, -0.2) is 4.57 Å². The Morgan fingerprint density at radius 1 is 1.19 bits per heavy atom. The first-order valence-electron chi connectivity index (χ1n) is 5.31. The number of hydrogen-bond donors (Lipinski definition) is 1. The molecule has 2 nitrogen and oxygen atoms in total. The van der Waals surface area contributed by atoms with Crippen molar-refractivity contribution in [2.75, 3.05) is 0 Å². The van der Waals surface area contributed by atoms with Crippen LogP contribution in [0.2, 0.25) is 0 Å². The van der Waals surface area contributed by atoms with Gasteiger partial charge >= 0.3 is 0 Å². The van der Waals surface area contributed by atoms with Gasteiger partial charge in [0.15, 0.2) is 0 Å². The average molecular weight is 279 g/mol. The highest BCUT2D eigenvalue weighted by molar-refractivity contribution is 9.10. The Balaban J connectivity index is 1.87. The molecule has 0 unspecified atom stereocenters. The van der Waals surface area contributed by atoms with E-state index in [0.717, 1.165) is 17.6 Å². The van der Waals surface area contributed by atoms with Crippen LogP contribution in [0.5, 0.6) is 0 Å². The van der Waals surface area contributed by atoms with Gasteiger partial charge < -0.3 is 9.88 Å². The average Bonchev–Trinajstić information content (AvgIpc) is 2.59. The number of nitrogens with zero attached hydrogens (tertiary/aromatic N) is 1. The zero-order valence-corrected chi connectivity index (χ0v) is 10.9. The molecule has 1 aromatic carbocycles. The molecule has 16 heavy (non-hydrogen) atoms. The van der Waals surface area contributed by atoms with Crippen molar-refractivity contribution < 1.29 is 0 Å². The van der Waals surface area contributed by atoms with Crippen LogP contribution in [0, 0.1) is 0 Å². The van der Waals surface area contributed by atoms with Crippen LogP contribution in [0.25, 0.3) is 0 Å². The van der Waals surface area contributed by atoms with Gasteiger partial charge in [-0.25, -0.2) is 0 Å². The van der Waals surface area contributed by atoms with Gasteiger partial charge in [-0.3, -0.25) is 0 Å². The van der Waals surface area contributed by atoms with E-state index in [2.05, 4.69) is 69.4 Å². The fourth-order valence-electron chi connectivity index (χ4n) is 1.67. The lowest BCUT2D eigenvalue weighted by Gasteiger charge is -2.05. The molecule has 1 N–H and O–H groups in total. The minimum Gasteiger partial charge on any atom is -0.352 e. The van der Waals surface area contributed by atoms with Gasteiger partial charge in [-0.1, -0.05) is 30.3 Å². The van der Waals surface area contributed by atoms with E-state index in [0.29, 0.717) is 0 Å². The van der Waals surface area contributed by atoms with Crippen molar-refractivity contribution in [2.24, 2.45) is 7.05 Å². The van der Waals surface area contributed by atoms with Crippen LogP contribution in [0.1, 0.15) is 11.3 Å². The van der Waals surface area contributed by atoms with Crippen LogP contribution in [0.15, 0.2) is 47.1 Å². The summed E-state index contributed by atoms with van der Waals surface area (Å²) in [6, 6.07) is 12.6. The molecule has 2 rings (SSSR count). The third kappa shape index (κ3) is 2.97. The van der Waals surface area contributed by atoms with Crippen molar-refractivity contribution >= 4 is 15.9 Å². The maximum absolute atomic E-state index is 3.47. The Labute approximate surface area is 104 Å². The second-order valence-corrected chi connectivity index (χ2v) is 4.77. The van der Waals surface area contributed by atoms with Crippen LogP contribution < -0.4 is 5.32 Å². The molecule has 0 amide bonds. The summed E-state index contributed by atoms with van der Waals surface area (Å²) in [5.41, 5.74) is 2.60. The lowest BCUT2D eigenvalue weighted by atomic mass is 10.2. The van der Waals surface area contributed by atoms with Crippen LogP contribution >= 0.6 is 15.9 Å². The summed E-state index contributed by atoms with van der Waals surface area (Å²) < 4.78 is 3.26. The number of aromatic nitrogens is 1. The van der Waals surface area contributed by atoms with Gasteiger partial charge in [-0.05, 0) is 27.6 Å². The minimum absolute atomic E-state index is 0.886. The smallest absolute Gasteiger partial charge is 0.0362 e. The summed E-state index contributed by atoms with van der Waals surface area (Å²) in [5.74, 6) is 0. The molecule has 0 aliphatic rings. The first-order valence-corrected chi connectivity index (χ1v) is 6.10. The molecular weight excluding hydrogens is 264 g/mol. The molecular formula is C13H15BrN2. The zero-order valence-electron chi connectivity index (χ0n) is 9.28. The summed E-state index contributed by atoms with van der Waals surface area (Å²) in [6.45, 7) is 1.79. The van der Waals surface area contributed by atoms with Gasteiger partial charge in [0.05, 0.1) is 0 Å². The number of hydrogen-bond acceptors (Lipinski definition) is 1. The molecule has 0 spiro atoms. The zero-order chi connectivity index (χ0) is 11.4. The Morgan fingerprint density at radius 3 is 2.56 bits per heavy atom. The van der Waals surface area contributed by atoms with Gasteiger partial charge in [-0.2, -0.15) is 0 Å². The first-order chi connectivity index (χ1) is 7.75. The van der Waals surface area contributed by atoms with Gasteiger partial charge in [0, 0.05) is 36.5 Å². The number of aryl methyl sites for hydroxylation is 1. The Kier molecular flexibility index (Phi) is 3.80. The second-order valence-electron chi connectivity index (χ2n) is 3.85. The molecule has 0 saturated carbocycles. The van der Waals surface area contributed by atoms with Crippen molar-refractivity contribution in [1.82, 2.24) is 9.88 Å². The number of rotatable bonds is 4. The highest BCUT2D eigenvalue weighted by Gasteiger charge is 2.00. The van der Waals surface area contributed by atoms with Crippen LogP contribution in [-0.2, 0) is 20.1 Å². The lowest BCUT2D eigenvalue weighted by Crippen LogP contribution is -2.14. The SMILES string of the molecule is Cn1cc(Br)cc1CNCc1ccccc1. The van der Waals surface area contributed by atoms with E-state index in [1.54, 1.807) is 0 Å². The maximum atomic E-state index is 3.47. The summed E-state index contributed by atoms with van der Waals surface area (Å²) >= 11 is 3.47. The Hall–Kier alpha value is -1.06. The quantitative estimate of drug-likeness (QED) is 0.910. The summed E-state index contributed by atoms with van der Waals surface area (Å²) in [5, 5.41) is 3.43. The molecule has 2 aromatic rings. The lowest BCUT2D eigenvalue weighted by molar-refractivity contribution is 0.655. The van der Waals surface area contributed by atoms with Gasteiger partial charge in [0.2, 0.25) is 0 Å². The molecule has 0 atom stereocenters. The van der Waals surface area contributed by atoms with Gasteiger partial charge in [0.1, 0.15) is 0 Å². The second kappa shape index (κ2) is 5.32. The molecule has 0 aliphatic carbocycles. The number of nitrogens with one attached hydrogen (secondary N) is 1. The van der Waals surface area contributed by atoms with E-state index < -0.39 is 0 Å². The van der Waals surface area contributed by atoms with E-state index in [4.69, 9.17) is 0 Å². The Morgan fingerprint density at radius 2 is 1.94 bits per heavy atom. The molecule has 0 fully saturated rings. The monoisotopic (exact) mass is 278 g/mol. The Bertz CT molecular complexity index is 448. The molecule has 0 saturated heterocycles. The predicted molar refractivity (Wildman–Crippen MR) is 70.1 cm³/mol. The number of benzene rings is 1. The molecule has 0 bridgehead atoms. The largest absolute Gasteiger partial charge is 0.352 e. The third-order valence-corrected chi connectivity index (χ3v) is 2.99. The van der Waals surface area contributed by atoms with Crippen LogP contribution in [0.4, 0.5) is 0 Å². The predicted octanol–water partition coefficient (Wildman–Crippen LogP) is 3.08. The molecule has 1 aromatic heterocycles. The maximum Gasteiger partial charge on any atom is 0.0362 e.